The lowest BCUT2D eigenvalue weighted by Gasteiger charge is -2.37. The molecule has 1 atom stereocenters. The Labute approximate surface area is 159 Å². The van der Waals surface area contributed by atoms with E-state index < -0.39 is 6.10 Å². The fourth-order valence-corrected chi connectivity index (χ4v) is 3.26. The zero-order valence-corrected chi connectivity index (χ0v) is 15.7. The van der Waals surface area contributed by atoms with Crippen molar-refractivity contribution in [2.45, 2.75) is 19.4 Å². The lowest BCUT2D eigenvalue weighted by molar-refractivity contribution is -0.139. The summed E-state index contributed by atoms with van der Waals surface area (Å²) in [5.74, 6) is 0.887. The van der Waals surface area contributed by atoms with Gasteiger partial charge in [0.1, 0.15) is 5.82 Å². The second-order valence-electron chi connectivity index (χ2n) is 6.43. The largest absolute Gasteiger partial charge is 0.493 e. The summed E-state index contributed by atoms with van der Waals surface area (Å²) in [6.45, 7) is 4.20. The molecular formula is C21H25FN2O3. The van der Waals surface area contributed by atoms with Crippen molar-refractivity contribution in [1.29, 1.82) is 0 Å². The smallest absolute Gasteiger partial charge is 0.263 e. The van der Waals surface area contributed by atoms with Gasteiger partial charge in [-0.1, -0.05) is 31.2 Å². The average Bonchev–Trinajstić information content (AvgIpc) is 2.72. The molecule has 0 N–H and O–H groups in total. The van der Waals surface area contributed by atoms with E-state index in [4.69, 9.17) is 9.47 Å². The Morgan fingerprint density at radius 1 is 1.04 bits per heavy atom. The van der Waals surface area contributed by atoms with Crippen molar-refractivity contribution in [1.82, 2.24) is 4.90 Å². The SMILES string of the molecule is CC[C@H](Oc1ccccc1OC)C(=O)N1CCN(c2ccccc2F)CC1. The normalized spacial score (nSPS) is 15.4. The van der Waals surface area contributed by atoms with Crippen LogP contribution in [0.15, 0.2) is 48.5 Å². The number of ether oxygens (including phenoxy) is 2. The molecule has 0 radical (unpaired) electrons. The molecule has 0 bridgehead atoms. The molecule has 2 aromatic rings. The molecule has 6 heteroatoms. The summed E-state index contributed by atoms with van der Waals surface area (Å²) < 4.78 is 25.2. The van der Waals surface area contributed by atoms with Crippen molar-refractivity contribution in [3.05, 3.63) is 54.3 Å². The predicted molar refractivity (Wildman–Crippen MR) is 103 cm³/mol. The number of carbonyl (C=O) groups is 1. The number of para-hydroxylation sites is 3. The summed E-state index contributed by atoms with van der Waals surface area (Å²) in [6, 6.07) is 14.0. The van der Waals surface area contributed by atoms with Gasteiger partial charge in [0, 0.05) is 26.2 Å². The Kier molecular flexibility index (Phi) is 6.16. The van der Waals surface area contributed by atoms with E-state index in [0.717, 1.165) is 0 Å². The molecule has 1 amide bonds. The molecule has 27 heavy (non-hydrogen) atoms. The fraction of sp³-hybridized carbons (Fsp3) is 0.381. The van der Waals surface area contributed by atoms with E-state index in [1.54, 1.807) is 36.3 Å². The highest BCUT2D eigenvalue weighted by molar-refractivity contribution is 5.81. The molecule has 0 aromatic heterocycles. The van der Waals surface area contributed by atoms with Crippen LogP contribution in [-0.2, 0) is 4.79 Å². The van der Waals surface area contributed by atoms with Crippen LogP contribution in [0, 0.1) is 5.82 Å². The maximum atomic E-state index is 14.0. The number of hydrogen-bond acceptors (Lipinski definition) is 4. The molecule has 1 heterocycles. The van der Waals surface area contributed by atoms with E-state index in [2.05, 4.69) is 0 Å². The molecule has 1 fully saturated rings. The van der Waals surface area contributed by atoms with Crippen LogP contribution in [0.4, 0.5) is 10.1 Å². The molecular weight excluding hydrogens is 347 g/mol. The van der Waals surface area contributed by atoms with Gasteiger partial charge in [0.15, 0.2) is 17.6 Å². The Bertz CT molecular complexity index is 776. The predicted octanol–water partition coefficient (Wildman–Crippen LogP) is 3.34. The standard InChI is InChI=1S/C21H25FN2O3/c1-3-18(27-20-11-7-6-10-19(20)26-2)21(25)24-14-12-23(13-15-24)17-9-5-4-8-16(17)22/h4-11,18H,3,12-15H2,1-2H3/t18-/m0/s1. The van der Waals surface area contributed by atoms with E-state index in [0.29, 0.717) is 49.8 Å². The van der Waals surface area contributed by atoms with Gasteiger partial charge in [-0.05, 0) is 30.7 Å². The molecule has 0 unspecified atom stereocenters. The molecule has 0 spiro atoms. The van der Waals surface area contributed by atoms with E-state index in [1.807, 2.05) is 30.0 Å². The highest BCUT2D eigenvalue weighted by atomic mass is 19.1. The summed E-state index contributed by atoms with van der Waals surface area (Å²) in [6.07, 6.45) is -0.00830. The van der Waals surface area contributed by atoms with Crippen LogP contribution in [0.1, 0.15) is 13.3 Å². The van der Waals surface area contributed by atoms with Gasteiger partial charge in [-0.15, -0.1) is 0 Å². The first-order chi connectivity index (χ1) is 13.1. The van der Waals surface area contributed by atoms with Crippen LogP contribution < -0.4 is 14.4 Å². The minimum atomic E-state index is -0.568. The van der Waals surface area contributed by atoms with Gasteiger partial charge in [0.05, 0.1) is 12.8 Å². The Morgan fingerprint density at radius 3 is 2.30 bits per heavy atom. The van der Waals surface area contributed by atoms with Crippen molar-refractivity contribution in [3.8, 4) is 11.5 Å². The number of halogens is 1. The Balaban J connectivity index is 1.63. The number of amides is 1. The molecule has 1 aliphatic heterocycles. The number of hydrogen-bond donors (Lipinski definition) is 0. The van der Waals surface area contributed by atoms with Crippen molar-refractivity contribution < 1.29 is 18.7 Å². The van der Waals surface area contributed by atoms with Crippen molar-refractivity contribution in [3.63, 3.8) is 0 Å². The highest BCUT2D eigenvalue weighted by Gasteiger charge is 2.29. The van der Waals surface area contributed by atoms with Gasteiger partial charge in [-0.3, -0.25) is 4.79 Å². The van der Waals surface area contributed by atoms with Crippen LogP contribution in [0.5, 0.6) is 11.5 Å². The van der Waals surface area contributed by atoms with Gasteiger partial charge in [-0.2, -0.15) is 0 Å². The third-order valence-corrected chi connectivity index (χ3v) is 4.77. The highest BCUT2D eigenvalue weighted by Crippen LogP contribution is 2.28. The third-order valence-electron chi connectivity index (χ3n) is 4.77. The van der Waals surface area contributed by atoms with Crippen LogP contribution in [0.2, 0.25) is 0 Å². The topological polar surface area (TPSA) is 42.0 Å². The summed E-state index contributed by atoms with van der Waals surface area (Å²) in [4.78, 5) is 16.7. The summed E-state index contributed by atoms with van der Waals surface area (Å²) >= 11 is 0. The molecule has 3 rings (SSSR count). The number of rotatable bonds is 6. The first-order valence-corrected chi connectivity index (χ1v) is 9.22. The molecule has 1 aliphatic rings. The third kappa shape index (κ3) is 4.32. The summed E-state index contributed by atoms with van der Waals surface area (Å²) in [5.41, 5.74) is 0.585. The quantitative estimate of drug-likeness (QED) is 0.780. The van der Waals surface area contributed by atoms with Crippen molar-refractivity contribution in [2.75, 3.05) is 38.2 Å². The van der Waals surface area contributed by atoms with Crippen LogP contribution in [0.25, 0.3) is 0 Å². The summed E-state index contributed by atoms with van der Waals surface area (Å²) in [7, 11) is 1.58. The molecule has 1 saturated heterocycles. The molecule has 144 valence electrons. The lowest BCUT2D eigenvalue weighted by atomic mass is 10.2. The minimum Gasteiger partial charge on any atom is -0.493 e. The number of methoxy groups -OCH3 is 1. The molecule has 5 nitrogen and oxygen atoms in total. The fourth-order valence-electron chi connectivity index (χ4n) is 3.26. The van der Waals surface area contributed by atoms with Gasteiger partial charge < -0.3 is 19.3 Å². The maximum absolute atomic E-state index is 14.0. The first kappa shape index (κ1) is 19.0. The zero-order valence-electron chi connectivity index (χ0n) is 15.7. The van der Waals surface area contributed by atoms with Crippen LogP contribution in [-0.4, -0.2) is 50.2 Å². The number of anilines is 1. The number of carbonyl (C=O) groups excluding carboxylic acids is 1. The van der Waals surface area contributed by atoms with Crippen molar-refractivity contribution >= 4 is 11.6 Å². The number of benzene rings is 2. The number of piperazine rings is 1. The second-order valence-corrected chi connectivity index (χ2v) is 6.43. The van der Waals surface area contributed by atoms with Crippen LogP contribution >= 0.6 is 0 Å². The lowest BCUT2D eigenvalue weighted by Crippen LogP contribution is -2.52. The van der Waals surface area contributed by atoms with E-state index in [9.17, 15) is 9.18 Å². The maximum Gasteiger partial charge on any atom is 0.263 e. The van der Waals surface area contributed by atoms with E-state index in [1.165, 1.54) is 6.07 Å². The van der Waals surface area contributed by atoms with Gasteiger partial charge in [0.2, 0.25) is 0 Å². The monoisotopic (exact) mass is 372 g/mol. The molecule has 2 aromatic carbocycles. The molecule has 0 aliphatic carbocycles. The Hall–Kier alpha value is -2.76. The number of nitrogens with zero attached hydrogens (tertiary/aromatic N) is 2. The van der Waals surface area contributed by atoms with Gasteiger partial charge in [-0.25, -0.2) is 4.39 Å². The van der Waals surface area contributed by atoms with Gasteiger partial charge in [0.25, 0.3) is 5.91 Å². The van der Waals surface area contributed by atoms with Crippen molar-refractivity contribution in [2.24, 2.45) is 0 Å². The summed E-state index contributed by atoms with van der Waals surface area (Å²) in [5, 5.41) is 0. The van der Waals surface area contributed by atoms with Gasteiger partial charge >= 0.3 is 0 Å². The molecule has 0 saturated carbocycles. The first-order valence-electron chi connectivity index (χ1n) is 9.22. The minimum absolute atomic E-state index is 0.0448. The second kappa shape index (κ2) is 8.75. The van der Waals surface area contributed by atoms with E-state index >= 15 is 0 Å². The zero-order chi connectivity index (χ0) is 19.2. The Morgan fingerprint density at radius 2 is 1.67 bits per heavy atom. The van der Waals surface area contributed by atoms with Crippen LogP contribution in [0.3, 0.4) is 0 Å². The average molecular weight is 372 g/mol. The van der Waals surface area contributed by atoms with E-state index in [-0.39, 0.29) is 11.7 Å².